The van der Waals surface area contributed by atoms with Crippen molar-refractivity contribution in [2.45, 2.75) is 26.4 Å². The van der Waals surface area contributed by atoms with Gasteiger partial charge < -0.3 is 15.2 Å². The molecule has 4 nitrogen and oxygen atoms in total. The molecule has 104 valence electrons. The van der Waals surface area contributed by atoms with Gasteiger partial charge in [-0.05, 0) is 43.1 Å². The van der Waals surface area contributed by atoms with Crippen molar-refractivity contribution in [3.8, 4) is 11.8 Å². The summed E-state index contributed by atoms with van der Waals surface area (Å²) in [6, 6.07) is 8.91. The largest absolute Gasteiger partial charge is 0.491 e. The molecule has 0 aromatic heterocycles. The molecule has 0 amide bonds. The first-order valence-electron chi connectivity index (χ1n) is 6.63. The van der Waals surface area contributed by atoms with Gasteiger partial charge in [-0.2, -0.15) is 5.26 Å². The first-order chi connectivity index (χ1) is 9.11. The van der Waals surface area contributed by atoms with E-state index in [-0.39, 0.29) is 6.61 Å². The average molecular weight is 262 g/mol. The zero-order valence-electron chi connectivity index (χ0n) is 11.6. The van der Waals surface area contributed by atoms with Crippen molar-refractivity contribution in [3.63, 3.8) is 0 Å². The number of aliphatic hydroxyl groups is 1. The molecule has 1 atom stereocenters. The molecule has 1 rings (SSSR count). The Morgan fingerprint density at radius 1 is 1.32 bits per heavy atom. The minimum absolute atomic E-state index is 0.251. The summed E-state index contributed by atoms with van der Waals surface area (Å²) in [5.74, 6) is 1.33. The lowest BCUT2D eigenvalue weighted by atomic mass is 10.1. The number of nitrogens with zero attached hydrogens (tertiary/aromatic N) is 1. The molecule has 0 spiro atoms. The molecule has 0 aliphatic rings. The number of aliphatic hydroxyl groups excluding tert-OH is 1. The van der Waals surface area contributed by atoms with Crippen molar-refractivity contribution in [1.82, 2.24) is 5.32 Å². The van der Waals surface area contributed by atoms with Crippen LogP contribution in [0, 0.1) is 17.2 Å². The monoisotopic (exact) mass is 262 g/mol. The number of hydrogen-bond acceptors (Lipinski definition) is 4. The quantitative estimate of drug-likeness (QED) is 0.703. The van der Waals surface area contributed by atoms with Gasteiger partial charge in [0.15, 0.2) is 0 Å². The third-order valence-corrected chi connectivity index (χ3v) is 2.70. The Kier molecular flexibility index (Phi) is 6.94. The van der Waals surface area contributed by atoms with Crippen LogP contribution in [0.3, 0.4) is 0 Å². The molecule has 19 heavy (non-hydrogen) atoms. The number of nitriles is 1. The first-order valence-corrected chi connectivity index (χ1v) is 6.63. The van der Waals surface area contributed by atoms with Crippen LogP contribution in [0.4, 0.5) is 0 Å². The number of rotatable bonds is 8. The SMILES string of the molecule is CC(C)CCNC[C@H](O)COc1ccc(C#N)cc1. The Labute approximate surface area is 115 Å². The predicted octanol–water partition coefficient (Wildman–Crippen LogP) is 1.93. The topological polar surface area (TPSA) is 65.3 Å². The van der Waals surface area contributed by atoms with Gasteiger partial charge in [-0.25, -0.2) is 0 Å². The fourth-order valence-electron chi connectivity index (χ4n) is 1.54. The maximum atomic E-state index is 9.74. The summed E-state index contributed by atoms with van der Waals surface area (Å²) in [5.41, 5.74) is 0.600. The molecular formula is C15H22N2O2. The van der Waals surface area contributed by atoms with Crippen molar-refractivity contribution in [1.29, 1.82) is 5.26 Å². The summed E-state index contributed by atoms with van der Waals surface area (Å²) in [6.45, 7) is 6.04. The third-order valence-electron chi connectivity index (χ3n) is 2.70. The predicted molar refractivity (Wildman–Crippen MR) is 75.0 cm³/mol. The summed E-state index contributed by atoms with van der Waals surface area (Å²) in [6.07, 6.45) is 0.575. The third kappa shape index (κ3) is 6.80. The highest BCUT2D eigenvalue weighted by atomic mass is 16.5. The van der Waals surface area contributed by atoms with E-state index in [2.05, 4.69) is 19.2 Å². The molecule has 1 aromatic carbocycles. The number of ether oxygens (including phenoxy) is 1. The molecule has 1 aromatic rings. The van der Waals surface area contributed by atoms with Crippen LogP contribution in [0.25, 0.3) is 0 Å². The van der Waals surface area contributed by atoms with Gasteiger partial charge in [0.05, 0.1) is 11.6 Å². The van der Waals surface area contributed by atoms with Gasteiger partial charge in [0.2, 0.25) is 0 Å². The van der Waals surface area contributed by atoms with Crippen molar-refractivity contribution >= 4 is 0 Å². The molecule has 2 N–H and O–H groups in total. The number of nitrogens with one attached hydrogen (secondary N) is 1. The van der Waals surface area contributed by atoms with Gasteiger partial charge in [-0.15, -0.1) is 0 Å². The molecular weight excluding hydrogens is 240 g/mol. The van der Waals surface area contributed by atoms with Crippen molar-refractivity contribution < 1.29 is 9.84 Å². The lowest BCUT2D eigenvalue weighted by Gasteiger charge is -2.13. The molecule has 0 saturated heterocycles. The van der Waals surface area contributed by atoms with Crippen LogP contribution in [-0.2, 0) is 0 Å². The Balaban J connectivity index is 2.18. The van der Waals surface area contributed by atoms with Gasteiger partial charge in [0, 0.05) is 6.54 Å². The second kappa shape index (κ2) is 8.52. The van der Waals surface area contributed by atoms with E-state index >= 15 is 0 Å². The Hall–Kier alpha value is -1.57. The minimum atomic E-state index is -0.525. The molecule has 0 radical (unpaired) electrons. The van der Waals surface area contributed by atoms with E-state index in [4.69, 9.17) is 10.00 Å². The van der Waals surface area contributed by atoms with Crippen LogP contribution in [0.1, 0.15) is 25.8 Å². The molecule has 0 fully saturated rings. The summed E-state index contributed by atoms with van der Waals surface area (Å²) in [7, 11) is 0. The zero-order chi connectivity index (χ0) is 14.1. The highest BCUT2D eigenvalue weighted by molar-refractivity contribution is 5.34. The van der Waals surface area contributed by atoms with Crippen molar-refractivity contribution in [2.75, 3.05) is 19.7 Å². The molecule has 0 bridgehead atoms. The molecule has 0 heterocycles. The Morgan fingerprint density at radius 3 is 2.58 bits per heavy atom. The summed E-state index contributed by atoms with van der Waals surface area (Å²) in [4.78, 5) is 0. The molecule has 0 unspecified atom stereocenters. The Bertz CT molecular complexity index is 396. The van der Waals surface area contributed by atoms with Crippen molar-refractivity contribution in [3.05, 3.63) is 29.8 Å². The summed E-state index contributed by atoms with van der Waals surface area (Å²) in [5, 5.41) is 21.6. The fraction of sp³-hybridized carbons (Fsp3) is 0.533. The van der Waals surface area contributed by atoms with E-state index in [9.17, 15) is 5.11 Å². The highest BCUT2D eigenvalue weighted by Gasteiger charge is 2.05. The lowest BCUT2D eigenvalue weighted by molar-refractivity contribution is 0.106. The zero-order valence-corrected chi connectivity index (χ0v) is 11.6. The first kappa shape index (κ1) is 15.5. The smallest absolute Gasteiger partial charge is 0.119 e. The number of hydrogen-bond donors (Lipinski definition) is 2. The van der Waals surface area contributed by atoms with E-state index in [1.54, 1.807) is 24.3 Å². The molecule has 0 saturated carbocycles. The van der Waals surface area contributed by atoms with E-state index < -0.39 is 6.10 Å². The van der Waals surface area contributed by atoms with Crippen molar-refractivity contribution in [2.24, 2.45) is 5.92 Å². The second-order valence-corrected chi connectivity index (χ2v) is 4.99. The highest BCUT2D eigenvalue weighted by Crippen LogP contribution is 2.11. The fourth-order valence-corrected chi connectivity index (χ4v) is 1.54. The molecule has 0 aliphatic carbocycles. The maximum Gasteiger partial charge on any atom is 0.119 e. The van der Waals surface area contributed by atoms with Gasteiger partial charge >= 0.3 is 0 Å². The van der Waals surface area contributed by atoms with Crippen LogP contribution in [-0.4, -0.2) is 30.9 Å². The van der Waals surface area contributed by atoms with E-state index in [0.29, 0.717) is 23.8 Å². The van der Waals surface area contributed by atoms with Gasteiger partial charge in [-0.3, -0.25) is 0 Å². The van der Waals surface area contributed by atoms with Gasteiger partial charge in [0.1, 0.15) is 18.5 Å². The van der Waals surface area contributed by atoms with Crippen LogP contribution in [0.15, 0.2) is 24.3 Å². The summed E-state index contributed by atoms with van der Waals surface area (Å²) < 4.78 is 5.45. The normalized spacial score (nSPS) is 12.2. The van der Waals surface area contributed by atoms with Crippen LogP contribution in [0.5, 0.6) is 5.75 Å². The Morgan fingerprint density at radius 2 is 2.00 bits per heavy atom. The van der Waals surface area contributed by atoms with E-state index in [1.165, 1.54) is 0 Å². The number of benzene rings is 1. The minimum Gasteiger partial charge on any atom is -0.491 e. The van der Waals surface area contributed by atoms with Crippen LogP contribution < -0.4 is 10.1 Å². The van der Waals surface area contributed by atoms with Gasteiger partial charge in [0.25, 0.3) is 0 Å². The lowest BCUT2D eigenvalue weighted by Crippen LogP contribution is -2.32. The second-order valence-electron chi connectivity index (χ2n) is 4.99. The summed E-state index contributed by atoms with van der Waals surface area (Å²) >= 11 is 0. The van der Waals surface area contributed by atoms with E-state index in [0.717, 1.165) is 13.0 Å². The van der Waals surface area contributed by atoms with Crippen LogP contribution >= 0.6 is 0 Å². The maximum absolute atomic E-state index is 9.74. The van der Waals surface area contributed by atoms with E-state index in [1.807, 2.05) is 6.07 Å². The van der Waals surface area contributed by atoms with Crippen LogP contribution in [0.2, 0.25) is 0 Å². The molecule has 4 heteroatoms. The van der Waals surface area contributed by atoms with Gasteiger partial charge in [-0.1, -0.05) is 13.8 Å². The average Bonchev–Trinajstić information content (AvgIpc) is 2.41. The molecule has 0 aliphatic heterocycles. The standard InChI is InChI=1S/C15H22N2O2/c1-12(2)7-8-17-10-14(18)11-19-15-5-3-13(9-16)4-6-15/h3-6,12,14,17-18H,7-8,10-11H2,1-2H3/t14-/m0/s1.